The average Bonchev–Trinajstić information content (AvgIpc) is 2.86. The van der Waals surface area contributed by atoms with Gasteiger partial charge < -0.3 is 9.47 Å². The van der Waals surface area contributed by atoms with Gasteiger partial charge in [0.1, 0.15) is 6.61 Å². The Morgan fingerprint density at radius 2 is 1.79 bits per heavy atom. The third kappa shape index (κ3) is 4.92. The second kappa shape index (κ2) is 10.2. The molecule has 0 aliphatic heterocycles. The smallest absolute Gasteiger partial charge is 0.269 e. The van der Waals surface area contributed by atoms with Crippen molar-refractivity contribution >= 4 is 44.0 Å². The molecule has 0 saturated carbocycles. The molecule has 6 nitrogen and oxygen atoms in total. The summed E-state index contributed by atoms with van der Waals surface area (Å²) in [5.74, 6) is 1.01. The largest absolute Gasteiger partial charge is 0.493 e. The van der Waals surface area contributed by atoms with Crippen LogP contribution in [0.1, 0.15) is 16.7 Å². The van der Waals surface area contributed by atoms with Crippen LogP contribution in [0.2, 0.25) is 0 Å². The fourth-order valence-electron chi connectivity index (χ4n) is 3.59. The first kappa shape index (κ1) is 23.0. The van der Waals surface area contributed by atoms with Crippen molar-refractivity contribution in [1.82, 2.24) is 0 Å². The predicted octanol–water partition coefficient (Wildman–Crippen LogP) is 7.16. The number of ether oxygens (including phenoxy) is 2. The van der Waals surface area contributed by atoms with Crippen LogP contribution in [0.25, 0.3) is 22.4 Å². The number of allylic oxidation sites excluding steroid dienone is 1. The minimum Gasteiger partial charge on any atom is -0.493 e. The van der Waals surface area contributed by atoms with E-state index in [1.54, 1.807) is 31.4 Å². The normalized spacial score (nSPS) is 11.1. The molecule has 0 atom stereocenters. The summed E-state index contributed by atoms with van der Waals surface area (Å²) in [6, 6.07) is 25.9. The number of nitro benzene ring substituents is 1. The Morgan fingerprint density at radius 1 is 1.06 bits per heavy atom. The highest BCUT2D eigenvalue weighted by atomic mass is 79.9. The molecule has 4 aromatic rings. The fraction of sp³-hybridized carbons (Fsp3) is 0.0741. The SMILES string of the molecule is COc1cc(/C=C(/C#N)c2cccc3ccccc23)c(Br)cc1OCc1ccc([N+](=O)[O-])cc1. The molecule has 0 aliphatic rings. The van der Waals surface area contributed by atoms with Gasteiger partial charge in [-0.3, -0.25) is 10.1 Å². The summed E-state index contributed by atoms with van der Waals surface area (Å²) in [5, 5.41) is 22.8. The van der Waals surface area contributed by atoms with Crippen molar-refractivity contribution in [2.24, 2.45) is 0 Å². The van der Waals surface area contributed by atoms with Gasteiger partial charge >= 0.3 is 0 Å². The molecule has 0 saturated heterocycles. The lowest BCUT2D eigenvalue weighted by atomic mass is 9.97. The first-order valence-corrected chi connectivity index (χ1v) is 11.1. The maximum Gasteiger partial charge on any atom is 0.269 e. The molecule has 168 valence electrons. The molecular weight excluding hydrogens is 496 g/mol. The number of benzene rings is 4. The first-order valence-electron chi connectivity index (χ1n) is 10.3. The van der Waals surface area contributed by atoms with Crippen molar-refractivity contribution in [3.8, 4) is 17.6 Å². The van der Waals surface area contributed by atoms with E-state index in [2.05, 4.69) is 22.0 Å². The molecular formula is C27H19BrN2O4. The third-order valence-corrected chi connectivity index (χ3v) is 6.01. The van der Waals surface area contributed by atoms with E-state index in [-0.39, 0.29) is 12.3 Å². The Balaban J connectivity index is 1.64. The molecule has 7 heteroatoms. The van der Waals surface area contributed by atoms with Crippen LogP contribution in [0.5, 0.6) is 11.5 Å². The fourth-order valence-corrected chi connectivity index (χ4v) is 4.03. The Labute approximate surface area is 205 Å². The van der Waals surface area contributed by atoms with Crippen molar-refractivity contribution in [1.29, 1.82) is 5.26 Å². The van der Waals surface area contributed by atoms with Crippen molar-refractivity contribution in [3.05, 3.63) is 110 Å². The number of hydrogen-bond donors (Lipinski definition) is 0. The number of nitro groups is 1. The van der Waals surface area contributed by atoms with Gasteiger partial charge in [0.2, 0.25) is 0 Å². The summed E-state index contributed by atoms with van der Waals surface area (Å²) in [4.78, 5) is 10.4. The zero-order chi connectivity index (χ0) is 24.1. The molecule has 0 aliphatic carbocycles. The summed E-state index contributed by atoms with van der Waals surface area (Å²) in [6.45, 7) is 0.218. The Kier molecular flexibility index (Phi) is 6.90. The van der Waals surface area contributed by atoms with E-state index in [1.165, 1.54) is 12.1 Å². The average molecular weight is 515 g/mol. The molecule has 0 radical (unpaired) electrons. The van der Waals surface area contributed by atoms with Crippen LogP contribution in [0.15, 0.2) is 83.3 Å². The minimum absolute atomic E-state index is 0.0275. The number of halogens is 1. The van der Waals surface area contributed by atoms with Gasteiger partial charge in [-0.25, -0.2) is 0 Å². The molecule has 34 heavy (non-hydrogen) atoms. The van der Waals surface area contributed by atoms with Crippen LogP contribution in [0, 0.1) is 21.4 Å². The van der Waals surface area contributed by atoms with E-state index < -0.39 is 4.92 Å². The van der Waals surface area contributed by atoms with Gasteiger partial charge in [0, 0.05) is 22.2 Å². The van der Waals surface area contributed by atoms with Gasteiger partial charge in [-0.15, -0.1) is 0 Å². The van der Waals surface area contributed by atoms with Gasteiger partial charge in [0.15, 0.2) is 11.5 Å². The molecule has 0 aromatic heterocycles. The van der Waals surface area contributed by atoms with Crippen LogP contribution >= 0.6 is 15.9 Å². The molecule has 0 heterocycles. The van der Waals surface area contributed by atoms with Gasteiger partial charge in [0.25, 0.3) is 5.69 Å². The number of nitriles is 1. The molecule has 0 fully saturated rings. The number of non-ortho nitro benzene ring substituents is 1. The monoisotopic (exact) mass is 514 g/mol. The topological polar surface area (TPSA) is 85.4 Å². The number of hydrogen-bond acceptors (Lipinski definition) is 5. The predicted molar refractivity (Wildman–Crippen MR) is 136 cm³/mol. The van der Waals surface area contributed by atoms with E-state index in [0.29, 0.717) is 17.1 Å². The molecule has 0 amide bonds. The van der Waals surface area contributed by atoms with Crippen LogP contribution in [-0.2, 0) is 6.61 Å². The van der Waals surface area contributed by atoms with Crippen molar-refractivity contribution in [2.45, 2.75) is 6.61 Å². The molecule has 4 rings (SSSR count). The summed E-state index contributed by atoms with van der Waals surface area (Å²) in [5.41, 5.74) is 2.96. The van der Waals surface area contributed by atoms with Crippen molar-refractivity contribution in [3.63, 3.8) is 0 Å². The highest BCUT2D eigenvalue weighted by molar-refractivity contribution is 9.10. The summed E-state index contributed by atoms with van der Waals surface area (Å²) >= 11 is 3.58. The summed E-state index contributed by atoms with van der Waals surface area (Å²) in [7, 11) is 1.55. The quantitative estimate of drug-likeness (QED) is 0.113. The standard InChI is InChI=1S/C27H19BrN2O4/c1-33-26-14-20(13-21(16-29)24-8-4-6-19-5-2-3-7-23(19)24)25(28)15-27(26)34-17-18-9-11-22(12-10-18)30(31)32/h2-15H,17H2,1H3/b21-13-. The highest BCUT2D eigenvalue weighted by Gasteiger charge is 2.13. The molecule has 4 aromatic carbocycles. The van der Waals surface area contributed by atoms with Crippen LogP contribution < -0.4 is 9.47 Å². The van der Waals surface area contributed by atoms with E-state index in [9.17, 15) is 15.4 Å². The molecule has 0 spiro atoms. The number of fused-ring (bicyclic) bond motifs is 1. The van der Waals surface area contributed by atoms with Crippen molar-refractivity contribution in [2.75, 3.05) is 7.11 Å². The highest BCUT2D eigenvalue weighted by Crippen LogP contribution is 2.36. The maximum absolute atomic E-state index is 10.8. The molecule has 0 unspecified atom stereocenters. The van der Waals surface area contributed by atoms with Crippen molar-refractivity contribution < 1.29 is 14.4 Å². The Morgan fingerprint density at radius 3 is 2.50 bits per heavy atom. The lowest BCUT2D eigenvalue weighted by molar-refractivity contribution is -0.384. The molecule has 0 N–H and O–H groups in total. The zero-order valence-corrected chi connectivity index (χ0v) is 19.8. The van der Waals surface area contributed by atoms with Crippen LogP contribution in [-0.4, -0.2) is 12.0 Å². The molecule has 0 bridgehead atoms. The minimum atomic E-state index is -0.440. The lowest BCUT2D eigenvalue weighted by Crippen LogP contribution is -1.99. The van der Waals surface area contributed by atoms with Gasteiger partial charge in [-0.2, -0.15) is 5.26 Å². The van der Waals surface area contributed by atoms with Crippen LogP contribution in [0.3, 0.4) is 0 Å². The second-order valence-electron chi connectivity index (χ2n) is 7.43. The van der Waals surface area contributed by atoms with Crippen LogP contribution in [0.4, 0.5) is 5.69 Å². The van der Waals surface area contributed by atoms with E-state index in [1.807, 2.05) is 48.5 Å². The van der Waals surface area contributed by atoms with E-state index >= 15 is 0 Å². The number of nitrogens with zero attached hydrogens (tertiary/aromatic N) is 2. The van der Waals surface area contributed by atoms with E-state index in [4.69, 9.17) is 9.47 Å². The van der Waals surface area contributed by atoms with Gasteiger partial charge in [-0.05, 0) is 52.2 Å². The summed E-state index contributed by atoms with van der Waals surface area (Å²) < 4.78 is 12.2. The first-order chi connectivity index (χ1) is 16.5. The number of methoxy groups -OCH3 is 1. The van der Waals surface area contributed by atoms with Gasteiger partial charge in [-0.1, -0.05) is 58.4 Å². The third-order valence-electron chi connectivity index (χ3n) is 5.32. The second-order valence-corrected chi connectivity index (χ2v) is 8.29. The number of rotatable bonds is 7. The van der Waals surface area contributed by atoms with Gasteiger partial charge in [0.05, 0.1) is 23.7 Å². The lowest BCUT2D eigenvalue weighted by Gasteiger charge is -2.13. The maximum atomic E-state index is 10.8. The van der Waals surface area contributed by atoms with E-state index in [0.717, 1.165) is 31.9 Å². The Hall–Kier alpha value is -4.15. The summed E-state index contributed by atoms with van der Waals surface area (Å²) in [6.07, 6.45) is 1.81. The Bertz CT molecular complexity index is 1430. The zero-order valence-electron chi connectivity index (χ0n) is 18.2.